The van der Waals surface area contributed by atoms with Crippen molar-refractivity contribution in [2.24, 2.45) is 0 Å². The lowest BCUT2D eigenvalue weighted by molar-refractivity contribution is 0.745. The third-order valence-electron chi connectivity index (χ3n) is 5.23. The number of hydrogen-bond acceptors (Lipinski definition) is 7. The standard InChI is InChI=1S/C22H22N6S/c1-3-11-28-21-17(7-4-10-23-21)20-19(29-28)14-24-22(26-20)25-16-9-8-15-6-5-12-27(2)18(15)13-16/h3-4,7-10,13-14H,1,5-6,11-12H2,2H3,(H,24,25,26). The molecule has 0 amide bonds. The van der Waals surface area contributed by atoms with Gasteiger partial charge in [0.1, 0.15) is 5.82 Å². The van der Waals surface area contributed by atoms with Crippen LogP contribution in [0.1, 0.15) is 12.0 Å². The third kappa shape index (κ3) is 3.31. The van der Waals surface area contributed by atoms with E-state index in [0.717, 1.165) is 40.6 Å². The van der Waals surface area contributed by atoms with Crippen LogP contribution in [0.2, 0.25) is 0 Å². The Bertz CT molecular complexity index is 1080. The number of benzene rings is 1. The Morgan fingerprint density at radius 2 is 2.21 bits per heavy atom. The second kappa shape index (κ2) is 7.40. The van der Waals surface area contributed by atoms with Crippen LogP contribution in [0.25, 0.3) is 11.3 Å². The second-order valence-electron chi connectivity index (χ2n) is 7.22. The average Bonchev–Trinajstić information content (AvgIpc) is 2.75. The Kier molecular flexibility index (Phi) is 4.60. The normalized spacial score (nSPS) is 14.7. The largest absolute Gasteiger partial charge is 0.374 e. The van der Waals surface area contributed by atoms with E-state index in [4.69, 9.17) is 4.98 Å². The summed E-state index contributed by atoms with van der Waals surface area (Å²) in [6, 6.07) is 10.5. The van der Waals surface area contributed by atoms with Gasteiger partial charge >= 0.3 is 0 Å². The Balaban J connectivity index is 1.48. The van der Waals surface area contributed by atoms with Gasteiger partial charge in [-0.15, -0.1) is 6.58 Å². The van der Waals surface area contributed by atoms with Gasteiger partial charge in [0.15, 0.2) is 0 Å². The van der Waals surface area contributed by atoms with Crippen LogP contribution in [0.4, 0.5) is 23.1 Å². The first kappa shape index (κ1) is 18.0. The molecule has 0 spiro atoms. The van der Waals surface area contributed by atoms with E-state index in [2.05, 4.69) is 62.4 Å². The number of hydrogen-bond donors (Lipinski definition) is 1. The summed E-state index contributed by atoms with van der Waals surface area (Å²) in [6.07, 6.45) is 7.91. The Morgan fingerprint density at radius 3 is 3.10 bits per heavy atom. The van der Waals surface area contributed by atoms with Gasteiger partial charge in [-0.05, 0) is 54.6 Å². The Hall–Kier alpha value is -3.06. The van der Waals surface area contributed by atoms with Crippen molar-refractivity contribution < 1.29 is 0 Å². The Morgan fingerprint density at radius 1 is 1.28 bits per heavy atom. The minimum absolute atomic E-state index is 0.592. The highest BCUT2D eigenvalue weighted by Crippen LogP contribution is 2.44. The van der Waals surface area contributed by atoms with E-state index < -0.39 is 0 Å². The van der Waals surface area contributed by atoms with Crippen LogP contribution in [0.5, 0.6) is 0 Å². The fourth-order valence-electron chi connectivity index (χ4n) is 3.84. The quantitative estimate of drug-likeness (QED) is 0.502. The maximum Gasteiger partial charge on any atom is 0.227 e. The maximum absolute atomic E-state index is 4.83. The Labute approximate surface area is 174 Å². The van der Waals surface area contributed by atoms with Gasteiger partial charge in [-0.2, -0.15) is 0 Å². The van der Waals surface area contributed by atoms with Crippen LogP contribution < -0.4 is 14.5 Å². The van der Waals surface area contributed by atoms with Crippen LogP contribution >= 0.6 is 11.9 Å². The molecule has 2 aliphatic heterocycles. The molecule has 1 aromatic carbocycles. The van der Waals surface area contributed by atoms with Gasteiger partial charge in [0.05, 0.1) is 10.6 Å². The summed E-state index contributed by atoms with van der Waals surface area (Å²) in [7, 11) is 2.15. The fraction of sp³-hybridized carbons (Fsp3) is 0.227. The average molecular weight is 403 g/mol. The maximum atomic E-state index is 4.83. The molecule has 1 N–H and O–H groups in total. The predicted octanol–water partition coefficient (Wildman–Crippen LogP) is 4.68. The molecule has 6 nitrogen and oxygen atoms in total. The van der Waals surface area contributed by atoms with Gasteiger partial charge < -0.3 is 10.2 Å². The molecule has 146 valence electrons. The zero-order chi connectivity index (χ0) is 19.8. The second-order valence-corrected chi connectivity index (χ2v) is 8.28. The van der Waals surface area contributed by atoms with Crippen molar-refractivity contribution in [2.45, 2.75) is 17.7 Å². The fourth-order valence-corrected chi connectivity index (χ4v) is 4.83. The molecule has 0 atom stereocenters. The molecule has 3 aromatic rings. The molecule has 0 saturated heterocycles. The molecule has 2 aromatic heterocycles. The first-order chi connectivity index (χ1) is 14.2. The number of pyridine rings is 1. The summed E-state index contributed by atoms with van der Waals surface area (Å²) >= 11 is 1.60. The monoisotopic (exact) mass is 402 g/mol. The number of aryl methyl sites for hydroxylation is 1. The molecule has 29 heavy (non-hydrogen) atoms. The molecule has 0 saturated carbocycles. The smallest absolute Gasteiger partial charge is 0.227 e. The zero-order valence-corrected chi connectivity index (χ0v) is 17.1. The summed E-state index contributed by atoms with van der Waals surface area (Å²) in [4.78, 5) is 17.3. The van der Waals surface area contributed by atoms with E-state index in [0.29, 0.717) is 12.5 Å². The van der Waals surface area contributed by atoms with Crippen LogP contribution in [-0.4, -0.2) is 35.1 Å². The van der Waals surface area contributed by atoms with Gasteiger partial charge in [-0.1, -0.05) is 12.1 Å². The lowest BCUT2D eigenvalue weighted by Crippen LogP contribution is -2.24. The van der Waals surface area contributed by atoms with Crippen LogP contribution in [0.3, 0.4) is 0 Å². The van der Waals surface area contributed by atoms with Crippen LogP contribution in [0, 0.1) is 0 Å². The molecule has 2 aliphatic rings. The van der Waals surface area contributed by atoms with Crippen molar-refractivity contribution in [2.75, 3.05) is 34.7 Å². The van der Waals surface area contributed by atoms with Gasteiger partial charge in [0.2, 0.25) is 5.95 Å². The number of nitrogens with one attached hydrogen (secondary N) is 1. The van der Waals surface area contributed by atoms with Crippen molar-refractivity contribution in [1.82, 2.24) is 15.0 Å². The minimum Gasteiger partial charge on any atom is -0.374 e. The first-order valence-electron chi connectivity index (χ1n) is 9.73. The predicted molar refractivity (Wildman–Crippen MR) is 120 cm³/mol. The van der Waals surface area contributed by atoms with Gasteiger partial charge in [0, 0.05) is 49.5 Å². The van der Waals surface area contributed by atoms with Gasteiger partial charge in [-0.25, -0.2) is 15.0 Å². The number of aromatic nitrogens is 3. The number of anilines is 4. The number of nitrogens with zero attached hydrogens (tertiary/aromatic N) is 5. The summed E-state index contributed by atoms with van der Waals surface area (Å²) in [5, 5.41) is 3.38. The molecule has 7 heteroatoms. The number of fused-ring (bicyclic) bond motifs is 4. The highest BCUT2D eigenvalue weighted by Gasteiger charge is 2.25. The lowest BCUT2D eigenvalue weighted by atomic mass is 10.0. The van der Waals surface area contributed by atoms with Crippen molar-refractivity contribution in [1.29, 1.82) is 0 Å². The van der Waals surface area contributed by atoms with Crippen molar-refractivity contribution >= 4 is 35.1 Å². The van der Waals surface area contributed by atoms with Crippen molar-refractivity contribution in [3.8, 4) is 11.3 Å². The van der Waals surface area contributed by atoms with Gasteiger partial charge in [0.25, 0.3) is 0 Å². The molecule has 0 fully saturated rings. The molecular formula is C22H22N6S. The van der Waals surface area contributed by atoms with Crippen molar-refractivity contribution in [3.63, 3.8) is 0 Å². The third-order valence-corrected chi connectivity index (χ3v) is 6.27. The first-order valence-corrected chi connectivity index (χ1v) is 10.5. The molecular weight excluding hydrogens is 380 g/mol. The van der Waals surface area contributed by atoms with E-state index in [1.807, 2.05) is 24.5 Å². The van der Waals surface area contributed by atoms with Crippen molar-refractivity contribution in [3.05, 3.63) is 60.9 Å². The molecule has 4 heterocycles. The summed E-state index contributed by atoms with van der Waals surface area (Å²) in [5.41, 5.74) is 5.60. The number of rotatable bonds is 4. The SMILES string of the molecule is C=CCN1Sc2cnc(Nc3ccc4c(c3)N(C)CCC4)nc2-c2cccnc21. The van der Waals surface area contributed by atoms with Crippen LogP contribution in [0.15, 0.2) is 60.3 Å². The molecule has 5 rings (SSSR count). The minimum atomic E-state index is 0.592. The van der Waals surface area contributed by atoms with E-state index in [1.165, 1.54) is 17.7 Å². The summed E-state index contributed by atoms with van der Waals surface area (Å²) in [6.45, 7) is 5.65. The highest BCUT2D eigenvalue weighted by atomic mass is 32.2. The molecule has 0 bridgehead atoms. The van der Waals surface area contributed by atoms with Crippen LogP contribution in [-0.2, 0) is 6.42 Å². The summed E-state index contributed by atoms with van der Waals surface area (Å²) < 4.78 is 2.11. The lowest BCUT2D eigenvalue weighted by Gasteiger charge is -2.29. The van der Waals surface area contributed by atoms with E-state index in [1.54, 1.807) is 11.9 Å². The van der Waals surface area contributed by atoms with E-state index >= 15 is 0 Å². The molecule has 0 aliphatic carbocycles. The molecule has 0 unspecified atom stereocenters. The van der Waals surface area contributed by atoms with Gasteiger partial charge in [-0.3, -0.25) is 4.31 Å². The zero-order valence-electron chi connectivity index (χ0n) is 16.3. The summed E-state index contributed by atoms with van der Waals surface area (Å²) in [5.74, 6) is 1.50. The van der Waals surface area contributed by atoms with E-state index in [9.17, 15) is 0 Å². The molecule has 0 radical (unpaired) electrons. The van der Waals surface area contributed by atoms with E-state index in [-0.39, 0.29) is 0 Å². The highest BCUT2D eigenvalue weighted by molar-refractivity contribution is 8.00. The topological polar surface area (TPSA) is 57.2 Å².